The van der Waals surface area contributed by atoms with Crippen LogP contribution in [0.25, 0.3) is 16.9 Å². The number of hydrogen-bond acceptors (Lipinski definition) is 5. The molecule has 0 aliphatic heterocycles. The van der Waals surface area contributed by atoms with Crippen molar-refractivity contribution in [2.45, 2.75) is 0 Å². The first-order valence-electron chi connectivity index (χ1n) is 8.09. The molecule has 4 rings (SSSR count). The number of para-hydroxylation sites is 2. The van der Waals surface area contributed by atoms with Gasteiger partial charge in [-0.25, -0.2) is 9.97 Å². The van der Waals surface area contributed by atoms with E-state index in [2.05, 4.69) is 25.6 Å². The van der Waals surface area contributed by atoms with Crippen LogP contribution >= 0.6 is 0 Å². The van der Waals surface area contributed by atoms with Gasteiger partial charge in [0.15, 0.2) is 0 Å². The lowest BCUT2D eigenvalue weighted by Crippen LogP contribution is -2.17. The van der Waals surface area contributed by atoms with E-state index in [0.717, 1.165) is 22.5 Å². The van der Waals surface area contributed by atoms with Gasteiger partial charge in [0.1, 0.15) is 12.1 Å². The molecule has 2 aromatic carbocycles. The number of imidazole rings is 1. The largest absolute Gasteiger partial charge is 0.355 e. The van der Waals surface area contributed by atoms with Gasteiger partial charge in [0.25, 0.3) is 5.91 Å². The summed E-state index contributed by atoms with van der Waals surface area (Å²) in [5.41, 5.74) is 3.28. The molecule has 0 radical (unpaired) electrons. The van der Waals surface area contributed by atoms with Crippen molar-refractivity contribution in [2.75, 3.05) is 12.4 Å². The molecule has 128 valence electrons. The van der Waals surface area contributed by atoms with E-state index >= 15 is 0 Å². The number of carbonyl (C=O) groups is 1. The van der Waals surface area contributed by atoms with Crippen LogP contribution in [0.1, 0.15) is 10.4 Å². The second-order valence-corrected chi connectivity index (χ2v) is 5.62. The zero-order chi connectivity index (χ0) is 17.9. The number of nitrogens with zero attached hydrogens (tertiary/aromatic N) is 4. The maximum Gasteiger partial charge on any atom is 0.251 e. The van der Waals surface area contributed by atoms with Crippen LogP contribution in [0.4, 0.5) is 11.6 Å². The number of anilines is 2. The molecule has 0 spiro atoms. The highest BCUT2D eigenvalue weighted by molar-refractivity contribution is 5.94. The molecule has 2 aromatic heterocycles. The van der Waals surface area contributed by atoms with Crippen molar-refractivity contribution < 1.29 is 4.79 Å². The summed E-state index contributed by atoms with van der Waals surface area (Å²) in [7, 11) is 1.60. The maximum absolute atomic E-state index is 11.6. The average Bonchev–Trinajstić information content (AvgIpc) is 3.12. The van der Waals surface area contributed by atoms with Crippen LogP contribution in [0, 0.1) is 0 Å². The van der Waals surface area contributed by atoms with Gasteiger partial charge in [-0.1, -0.05) is 12.1 Å². The number of carbonyl (C=O) groups excluding carboxylic acids is 1. The third-order valence-corrected chi connectivity index (χ3v) is 3.97. The zero-order valence-electron chi connectivity index (χ0n) is 14.0. The predicted molar refractivity (Wildman–Crippen MR) is 99.8 cm³/mol. The maximum atomic E-state index is 11.6. The van der Waals surface area contributed by atoms with Gasteiger partial charge in [0.05, 0.1) is 11.0 Å². The summed E-state index contributed by atoms with van der Waals surface area (Å²) in [4.78, 5) is 24.8. The fraction of sp³-hybridized carbons (Fsp3) is 0.0526. The van der Waals surface area contributed by atoms with Crippen molar-refractivity contribution in [2.24, 2.45) is 0 Å². The summed E-state index contributed by atoms with van der Waals surface area (Å²) in [5, 5.41) is 5.75. The van der Waals surface area contributed by atoms with E-state index in [1.807, 2.05) is 47.0 Å². The minimum atomic E-state index is -0.123. The number of hydrogen-bond donors (Lipinski definition) is 2. The summed E-state index contributed by atoms with van der Waals surface area (Å²) >= 11 is 0. The first-order valence-corrected chi connectivity index (χ1v) is 8.09. The van der Waals surface area contributed by atoms with Gasteiger partial charge in [0.2, 0.25) is 5.95 Å². The molecule has 0 aliphatic rings. The highest BCUT2D eigenvalue weighted by Gasteiger charge is 2.07. The molecule has 0 aliphatic carbocycles. The normalized spacial score (nSPS) is 10.7. The minimum absolute atomic E-state index is 0.123. The van der Waals surface area contributed by atoms with Gasteiger partial charge in [0, 0.05) is 24.5 Å². The molecule has 2 heterocycles. The summed E-state index contributed by atoms with van der Waals surface area (Å²) in [6, 6.07) is 16.8. The number of aromatic nitrogens is 4. The van der Waals surface area contributed by atoms with E-state index in [4.69, 9.17) is 0 Å². The predicted octanol–water partition coefficient (Wildman–Crippen LogP) is 2.92. The molecule has 0 unspecified atom stereocenters. The molecule has 0 bridgehead atoms. The van der Waals surface area contributed by atoms with E-state index in [1.165, 1.54) is 0 Å². The van der Waals surface area contributed by atoms with Crippen LogP contribution in [-0.2, 0) is 0 Å². The van der Waals surface area contributed by atoms with E-state index in [9.17, 15) is 4.79 Å². The third kappa shape index (κ3) is 2.98. The van der Waals surface area contributed by atoms with Crippen LogP contribution in [-0.4, -0.2) is 32.5 Å². The molecule has 7 heteroatoms. The lowest BCUT2D eigenvalue weighted by Gasteiger charge is -2.08. The van der Waals surface area contributed by atoms with Gasteiger partial charge in [-0.2, -0.15) is 4.98 Å². The van der Waals surface area contributed by atoms with Crippen molar-refractivity contribution >= 4 is 28.6 Å². The van der Waals surface area contributed by atoms with Crippen LogP contribution < -0.4 is 10.6 Å². The quantitative estimate of drug-likeness (QED) is 0.595. The van der Waals surface area contributed by atoms with Crippen molar-refractivity contribution in [3.05, 3.63) is 72.7 Å². The second kappa shape index (κ2) is 6.64. The summed E-state index contributed by atoms with van der Waals surface area (Å²) < 4.78 is 1.91. The van der Waals surface area contributed by atoms with Gasteiger partial charge < -0.3 is 10.6 Å². The van der Waals surface area contributed by atoms with Crippen LogP contribution in [0.3, 0.4) is 0 Å². The molecule has 0 saturated heterocycles. The Bertz CT molecular complexity index is 1070. The Morgan fingerprint density at radius 1 is 1.00 bits per heavy atom. The molecule has 26 heavy (non-hydrogen) atoms. The summed E-state index contributed by atoms with van der Waals surface area (Å²) in [6.07, 6.45) is 3.44. The highest BCUT2D eigenvalue weighted by atomic mass is 16.1. The Hall–Kier alpha value is -3.74. The van der Waals surface area contributed by atoms with E-state index < -0.39 is 0 Å². The minimum Gasteiger partial charge on any atom is -0.355 e. The summed E-state index contributed by atoms with van der Waals surface area (Å²) in [6.45, 7) is 0. The lowest BCUT2D eigenvalue weighted by molar-refractivity contribution is 0.0963. The molecule has 7 nitrogen and oxygen atoms in total. The molecule has 0 atom stereocenters. The Morgan fingerprint density at radius 2 is 1.81 bits per heavy atom. The number of fused-ring (bicyclic) bond motifs is 1. The van der Waals surface area contributed by atoms with Gasteiger partial charge in [-0.05, 0) is 42.5 Å². The first-order chi connectivity index (χ1) is 12.7. The number of nitrogens with one attached hydrogen (secondary N) is 2. The Labute approximate surface area is 149 Å². The molecule has 1 amide bonds. The van der Waals surface area contributed by atoms with Crippen molar-refractivity contribution in [3.8, 4) is 5.82 Å². The average molecular weight is 344 g/mol. The van der Waals surface area contributed by atoms with Crippen molar-refractivity contribution in [1.82, 2.24) is 24.8 Å². The van der Waals surface area contributed by atoms with E-state index in [1.54, 1.807) is 31.7 Å². The molecule has 2 N–H and O–H groups in total. The number of rotatable bonds is 4. The zero-order valence-corrected chi connectivity index (χ0v) is 14.0. The van der Waals surface area contributed by atoms with Crippen molar-refractivity contribution in [3.63, 3.8) is 0 Å². The fourth-order valence-electron chi connectivity index (χ4n) is 2.66. The van der Waals surface area contributed by atoms with Gasteiger partial charge in [-0.3, -0.25) is 9.36 Å². The number of amides is 1. The number of benzene rings is 2. The topological polar surface area (TPSA) is 84.7 Å². The Kier molecular flexibility index (Phi) is 4.03. The van der Waals surface area contributed by atoms with Gasteiger partial charge >= 0.3 is 0 Å². The van der Waals surface area contributed by atoms with Crippen LogP contribution in [0.15, 0.2) is 67.1 Å². The Balaban J connectivity index is 1.61. The van der Waals surface area contributed by atoms with E-state index in [0.29, 0.717) is 11.5 Å². The second-order valence-electron chi connectivity index (χ2n) is 5.62. The SMILES string of the molecule is CNC(=O)c1ccc(Nc2nccc(-n3cnc4ccccc43)n2)cc1. The molecule has 0 fully saturated rings. The van der Waals surface area contributed by atoms with Gasteiger partial charge in [-0.15, -0.1) is 0 Å². The highest BCUT2D eigenvalue weighted by Crippen LogP contribution is 2.18. The summed E-state index contributed by atoms with van der Waals surface area (Å²) in [5.74, 6) is 1.06. The van der Waals surface area contributed by atoms with Crippen LogP contribution in [0.5, 0.6) is 0 Å². The molecule has 0 saturated carbocycles. The lowest BCUT2D eigenvalue weighted by atomic mass is 10.2. The standard InChI is InChI=1S/C19H16N6O/c1-20-18(26)13-6-8-14(9-7-13)23-19-21-11-10-17(24-19)25-12-22-15-4-2-3-5-16(15)25/h2-12H,1H3,(H,20,26)(H,21,23,24). The van der Waals surface area contributed by atoms with E-state index in [-0.39, 0.29) is 5.91 Å². The first kappa shape index (κ1) is 15.8. The fourth-order valence-corrected chi connectivity index (χ4v) is 2.66. The molecule has 4 aromatic rings. The molecular formula is C19H16N6O. The third-order valence-electron chi connectivity index (χ3n) is 3.97. The molecular weight excluding hydrogens is 328 g/mol. The Morgan fingerprint density at radius 3 is 2.62 bits per heavy atom. The van der Waals surface area contributed by atoms with Crippen LogP contribution in [0.2, 0.25) is 0 Å². The van der Waals surface area contributed by atoms with Crippen molar-refractivity contribution in [1.29, 1.82) is 0 Å². The smallest absolute Gasteiger partial charge is 0.251 e. The monoisotopic (exact) mass is 344 g/mol.